The molecule has 0 saturated carbocycles. The van der Waals surface area contributed by atoms with Crippen LogP contribution in [0, 0.1) is 17.8 Å². The maximum atomic E-state index is 12.6. The predicted molar refractivity (Wildman–Crippen MR) is 135 cm³/mol. The molecule has 0 spiro atoms. The average Bonchev–Trinajstić information content (AvgIpc) is 3.53. The van der Waals surface area contributed by atoms with Crippen LogP contribution in [0.1, 0.15) is 68.7 Å². The van der Waals surface area contributed by atoms with Gasteiger partial charge >= 0.3 is 17.9 Å². The largest absolute Gasteiger partial charge is 0.459 e. The first-order chi connectivity index (χ1) is 18.9. The van der Waals surface area contributed by atoms with Crippen LogP contribution in [0.2, 0.25) is 0 Å². The Bertz CT molecular complexity index is 1230. The summed E-state index contributed by atoms with van der Waals surface area (Å²) in [5.74, 6) is -5.12. The fraction of sp³-hybridized carbons (Fsp3) is 0.538. The van der Waals surface area contributed by atoms with E-state index in [4.69, 9.17) is 18.9 Å². The normalized spacial score (nSPS) is 20.4. The van der Waals surface area contributed by atoms with Gasteiger partial charge in [-0.15, -0.1) is 5.10 Å². The SMILES string of the molecule is CC(C)C(=O)NC(=O)c1ncn([C@@H]2O[C@H](COC(=O)c3cccnc3)[C@@H](OC(=O)C(C)C)[C@H]2OC(=O)C(C)C)n1. The summed E-state index contributed by atoms with van der Waals surface area (Å²) in [5.41, 5.74) is 0.193. The molecule has 0 aromatic carbocycles. The summed E-state index contributed by atoms with van der Waals surface area (Å²) in [6.07, 6.45) is -0.756. The van der Waals surface area contributed by atoms with Gasteiger partial charge in [-0.2, -0.15) is 0 Å². The van der Waals surface area contributed by atoms with Gasteiger partial charge in [-0.3, -0.25) is 29.5 Å². The summed E-state index contributed by atoms with van der Waals surface area (Å²) in [7, 11) is 0. The molecule has 1 aliphatic heterocycles. The van der Waals surface area contributed by atoms with Crippen molar-refractivity contribution in [3.8, 4) is 0 Å². The molecule has 4 atom stereocenters. The van der Waals surface area contributed by atoms with Crippen molar-refractivity contribution in [2.24, 2.45) is 17.8 Å². The maximum absolute atomic E-state index is 12.6. The van der Waals surface area contributed by atoms with Gasteiger partial charge in [-0.25, -0.2) is 14.5 Å². The van der Waals surface area contributed by atoms with E-state index in [0.717, 1.165) is 11.0 Å². The molecule has 1 fully saturated rings. The van der Waals surface area contributed by atoms with Gasteiger partial charge in [-0.05, 0) is 12.1 Å². The van der Waals surface area contributed by atoms with E-state index >= 15 is 0 Å². The highest BCUT2D eigenvalue weighted by Crippen LogP contribution is 2.35. The third-order valence-electron chi connectivity index (χ3n) is 5.74. The molecule has 3 rings (SSSR count). The van der Waals surface area contributed by atoms with E-state index in [2.05, 4.69) is 20.4 Å². The third kappa shape index (κ3) is 7.46. The number of pyridine rings is 1. The summed E-state index contributed by atoms with van der Waals surface area (Å²) in [6.45, 7) is 9.37. The predicted octanol–water partition coefficient (Wildman–Crippen LogP) is 1.48. The molecule has 14 nitrogen and oxygen atoms in total. The second kappa shape index (κ2) is 13.2. The highest BCUT2D eigenvalue weighted by Gasteiger charge is 2.52. The third-order valence-corrected chi connectivity index (χ3v) is 5.74. The molecular weight excluding hydrogens is 526 g/mol. The zero-order valence-electron chi connectivity index (χ0n) is 23.1. The summed E-state index contributed by atoms with van der Waals surface area (Å²) < 4.78 is 23.9. The number of nitrogens with one attached hydrogen (secondary N) is 1. The average molecular weight is 560 g/mol. The van der Waals surface area contributed by atoms with Crippen molar-refractivity contribution in [1.82, 2.24) is 25.1 Å². The summed E-state index contributed by atoms with van der Waals surface area (Å²) >= 11 is 0. The van der Waals surface area contributed by atoms with E-state index in [1.54, 1.807) is 47.6 Å². The lowest BCUT2D eigenvalue weighted by molar-refractivity contribution is -0.172. The van der Waals surface area contributed by atoms with Crippen LogP contribution in [-0.2, 0) is 33.3 Å². The van der Waals surface area contributed by atoms with Crippen LogP contribution in [0.4, 0.5) is 0 Å². The van der Waals surface area contributed by atoms with Crippen LogP contribution in [0.15, 0.2) is 30.9 Å². The Labute approximate surface area is 230 Å². The molecule has 0 radical (unpaired) electrons. The molecule has 0 bridgehead atoms. The standard InChI is InChI=1S/C26H33N5O9/c1-13(2)21(32)29-22(33)20-28-12-31(30-20)23-19(40-25(35)15(5)6)18(39-24(34)14(3)4)17(38-23)11-37-26(36)16-8-7-9-27-10-16/h7-10,12-15,17-19,23H,11H2,1-6H3,(H,29,32,33)/t17-,18-,19-,23-/m1/s1. The van der Waals surface area contributed by atoms with Crippen LogP contribution >= 0.6 is 0 Å². The highest BCUT2D eigenvalue weighted by molar-refractivity contribution is 6.02. The van der Waals surface area contributed by atoms with E-state index in [9.17, 15) is 24.0 Å². The molecule has 40 heavy (non-hydrogen) atoms. The minimum absolute atomic E-state index is 0.193. The van der Waals surface area contributed by atoms with Crippen LogP contribution in [-0.4, -0.2) is 74.4 Å². The molecule has 2 aromatic rings. The quantitative estimate of drug-likeness (QED) is 0.328. The van der Waals surface area contributed by atoms with Gasteiger partial charge in [0.15, 0.2) is 18.4 Å². The molecule has 14 heteroatoms. The number of carbonyl (C=O) groups is 5. The van der Waals surface area contributed by atoms with Gasteiger partial charge in [0.2, 0.25) is 11.7 Å². The van der Waals surface area contributed by atoms with Crippen molar-refractivity contribution in [2.45, 2.75) is 66.1 Å². The number of imide groups is 1. The van der Waals surface area contributed by atoms with Gasteiger partial charge in [0.05, 0.1) is 17.4 Å². The summed E-state index contributed by atoms with van der Waals surface area (Å²) in [6, 6.07) is 3.09. The Morgan fingerprint density at radius 1 is 0.975 bits per heavy atom. The van der Waals surface area contributed by atoms with Crippen molar-refractivity contribution in [2.75, 3.05) is 6.61 Å². The zero-order chi connectivity index (χ0) is 29.6. The van der Waals surface area contributed by atoms with Crippen LogP contribution in [0.25, 0.3) is 0 Å². The highest BCUT2D eigenvalue weighted by atomic mass is 16.7. The molecular formula is C26H33N5O9. The fourth-order valence-corrected chi connectivity index (χ4v) is 3.40. The van der Waals surface area contributed by atoms with Gasteiger partial charge in [0, 0.05) is 18.3 Å². The lowest BCUT2D eigenvalue weighted by atomic mass is 10.1. The van der Waals surface area contributed by atoms with Crippen molar-refractivity contribution >= 4 is 29.7 Å². The van der Waals surface area contributed by atoms with E-state index in [1.807, 2.05) is 0 Å². The number of aromatic nitrogens is 4. The lowest BCUT2D eigenvalue weighted by Crippen LogP contribution is -2.42. The molecule has 1 N–H and O–H groups in total. The van der Waals surface area contributed by atoms with E-state index in [0.29, 0.717) is 0 Å². The van der Waals surface area contributed by atoms with Crippen LogP contribution < -0.4 is 5.32 Å². The molecule has 0 aliphatic carbocycles. The molecule has 2 amide bonds. The van der Waals surface area contributed by atoms with Gasteiger partial charge < -0.3 is 18.9 Å². The number of ether oxygens (including phenoxy) is 4. The summed E-state index contributed by atoms with van der Waals surface area (Å²) in [5, 5.41) is 6.29. The van der Waals surface area contributed by atoms with E-state index in [1.165, 1.54) is 18.5 Å². The molecule has 0 unspecified atom stereocenters. The van der Waals surface area contributed by atoms with E-state index < -0.39 is 72.0 Å². The maximum Gasteiger partial charge on any atom is 0.339 e. The number of hydrogen-bond donors (Lipinski definition) is 1. The van der Waals surface area contributed by atoms with Gasteiger partial charge in [0.25, 0.3) is 5.91 Å². The van der Waals surface area contributed by atoms with Gasteiger partial charge in [0.1, 0.15) is 19.0 Å². The number of amides is 2. The molecule has 1 saturated heterocycles. The van der Waals surface area contributed by atoms with Crippen molar-refractivity contribution in [3.63, 3.8) is 0 Å². The van der Waals surface area contributed by atoms with Crippen molar-refractivity contribution in [3.05, 3.63) is 42.2 Å². The number of hydrogen-bond acceptors (Lipinski definition) is 12. The van der Waals surface area contributed by atoms with Crippen molar-refractivity contribution in [1.29, 1.82) is 0 Å². The first-order valence-electron chi connectivity index (χ1n) is 12.8. The molecule has 216 valence electrons. The number of esters is 3. The van der Waals surface area contributed by atoms with Crippen LogP contribution in [0.5, 0.6) is 0 Å². The minimum Gasteiger partial charge on any atom is -0.459 e. The lowest BCUT2D eigenvalue weighted by Gasteiger charge is -2.25. The Hall–Kier alpha value is -4.20. The Kier molecular flexibility index (Phi) is 10.0. The Balaban J connectivity index is 1.91. The number of rotatable bonds is 10. The Morgan fingerprint density at radius 3 is 2.20 bits per heavy atom. The van der Waals surface area contributed by atoms with E-state index in [-0.39, 0.29) is 18.0 Å². The molecule has 2 aromatic heterocycles. The molecule has 1 aliphatic rings. The molecule has 3 heterocycles. The minimum atomic E-state index is -1.24. The second-order valence-electron chi connectivity index (χ2n) is 10.0. The number of nitrogens with zero attached hydrogens (tertiary/aromatic N) is 4. The monoisotopic (exact) mass is 559 g/mol. The van der Waals surface area contributed by atoms with Crippen LogP contribution in [0.3, 0.4) is 0 Å². The smallest absolute Gasteiger partial charge is 0.339 e. The number of carbonyl (C=O) groups excluding carboxylic acids is 5. The first-order valence-corrected chi connectivity index (χ1v) is 12.8. The Morgan fingerprint density at radius 2 is 1.62 bits per heavy atom. The fourth-order valence-electron chi connectivity index (χ4n) is 3.40. The first kappa shape index (κ1) is 30.3. The summed E-state index contributed by atoms with van der Waals surface area (Å²) in [4.78, 5) is 70.0. The van der Waals surface area contributed by atoms with Crippen molar-refractivity contribution < 1.29 is 42.9 Å². The topological polar surface area (TPSA) is 178 Å². The zero-order valence-corrected chi connectivity index (χ0v) is 23.1. The second-order valence-corrected chi connectivity index (χ2v) is 10.0. The van der Waals surface area contributed by atoms with Gasteiger partial charge in [-0.1, -0.05) is 41.5 Å².